The lowest BCUT2D eigenvalue weighted by Crippen LogP contribution is -1.92. The second-order valence-electron chi connectivity index (χ2n) is 4.95. The van der Waals surface area contributed by atoms with Gasteiger partial charge >= 0.3 is 5.97 Å². The molecule has 3 heteroatoms. The van der Waals surface area contributed by atoms with Crippen molar-refractivity contribution >= 4 is 17.8 Å². The molecular weight excluding hydrogens is 252 g/mol. The number of aryl methyl sites for hydroxylation is 2. The number of cyclic esters (lactones) is 1. The van der Waals surface area contributed by atoms with E-state index in [2.05, 4.69) is 0 Å². The van der Waals surface area contributed by atoms with Crippen molar-refractivity contribution < 1.29 is 14.6 Å². The quantitative estimate of drug-likeness (QED) is 0.801. The van der Waals surface area contributed by atoms with Crippen LogP contribution in [0.15, 0.2) is 36.4 Å². The SMILES string of the molecule is Cc1cc(C=C2OC(=O)c3ccccc32)cc(C)c1O. The number of hydrogen-bond donors (Lipinski definition) is 1. The Balaban J connectivity index is 2.09. The minimum absolute atomic E-state index is 0.302. The molecule has 2 aromatic carbocycles. The van der Waals surface area contributed by atoms with Crippen LogP contribution in [0.4, 0.5) is 0 Å². The third-order valence-corrected chi connectivity index (χ3v) is 3.43. The van der Waals surface area contributed by atoms with E-state index in [9.17, 15) is 9.90 Å². The van der Waals surface area contributed by atoms with E-state index in [1.54, 1.807) is 6.07 Å². The third kappa shape index (κ3) is 1.97. The van der Waals surface area contributed by atoms with E-state index < -0.39 is 0 Å². The number of ether oxygens (including phenoxy) is 1. The zero-order valence-electron chi connectivity index (χ0n) is 11.3. The number of carbonyl (C=O) groups excluding carboxylic acids is 1. The van der Waals surface area contributed by atoms with Crippen LogP contribution in [0.3, 0.4) is 0 Å². The van der Waals surface area contributed by atoms with Gasteiger partial charge in [0.1, 0.15) is 11.5 Å². The first-order valence-electron chi connectivity index (χ1n) is 6.40. The van der Waals surface area contributed by atoms with Crippen LogP contribution in [0.1, 0.15) is 32.6 Å². The summed E-state index contributed by atoms with van der Waals surface area (Å²) in [5, 5.41) is 9.79. The van der Waals surface area contributed by atoms with E-state index in [0.29, 0.717) is 17.1 Å². The van der Waals surface area contributed by atoms with E-state index in [0.717, 1.165) is 22.3 Å². The second kappa shape index (κ2) is 4.53. The largest absolute Gasteiger partial charge is 0.507 e. The van der Waals surface area contributed by atoms with Gasteiger partial charge in [-0.25, -0.2) is 4.79 Å². The highest BCUT2D eigenvalue weighted by molar-refractivity contribution is 6.05. The first-order chi connectivity index (χ1) is 9.56. The highest BCUT2D eigenvalue weighted by Crippen LogP contribution is 2.32. The first kappa shape index (κ1) is 12.5. The maximum atomic E-state index is 11.8. The lowest BCUT2D eigenvalue weighted by atomic mass is 10.0. The smallest absolute Gasteiger partial charge is 0.344 e. The fraction of sp³-hybridized carbons (Fsp3) is 0.118. The van der Waals surface area contributed by atoms with Gasteiger partial charge in [-0.05, 0) is 54.8 Å². The molecule has 20 heavy (non-hydrogen) atoms. The summed E-state index contributed by atoms with van der Waals surface area (Å²) in [6.07, 6.45) is 1.82. The summed E-state index contributed by atoms with van der Waals surface area (Å²) in [6.45, 7) is 3.69. The molecule has 0 amide bonds. The van der Waals surface area contributed by atoms with Gasteiger partial charge in [0.05, 0.1) is 5.56 Å². The molecule has 0 atom stereocenters. The maximum Gasteiger partial charge on any atom is 0.344 e. The highest BCUT2D eigenvalue weighted by Gasteiger charge is 2.25. The van der Waals surface area contributed by atoms with E-state index in [-0.39, 0.29) is 5.97 Å². The van der Waals surface area contributed by atoms with Crippen molar-refractivity contribution in [3.8, 4) is 5.75 Å². The number of fused-ring (bicyclic) bond motifs is 1. The molecule has 1 N–H and O–H groups in total. The van der Waals surface area contributed by atoms with Gasteiger partial charge < -0.3 is 9.84 Å². The van der Waals surface area contributed by atoms with Crippen molar-refractivity contribution in [1.29, 1.82) is 0 Å². The van der Waals surface area contributed by atoms with Crippen molar-refractivity contribution in [2.24, 2.45) is 0 Å². The van der Waals surface area contributed by atoms with Gasteiger partial charge in [-0.2, -0.15) is 0 Å². The molecule has 3 rings (SSSR count). The van der Waals surface area contributed by atoms with Crippen LogP contribution in [-0.2, 0) is 4.74 Å². The lowest BCUT2D eigenvalue weighted by Gasteiger charge is -2.05. The van der Waals surface area contributed by atoms with Gasteiger partial charge in [0, 0.05) is 5.56 Å². The average Bonchev–Trinajstić information content (AvgIpc) is 2.73. The van der Waals surface area contributed by atoms with Crippen molar-refractivity contribution in [2.45, 2.75) is 13.8 Å². The van der Waals surface area contributed by atoms with Gasteiger partial charge in [-0.3, -0.25) is 0 Å². The summed E-state index contributed by atoms with van der Waals surface area (Å²) in [5.74, 6) is 0.533. The van der Waals surface area contributed by atoms with Gasteiger partial charge in [0.25, 0.3) is 0 Å². The predicted molar refractivity (Wildman–Crippen MR) is 77.3 cm³/mol. The van der Waals surface area contributed by atoms with Crippen LogP contribution in [0.5, 0.6) is 5.75 Å². The van der Waals surface area contributed by atoms with Crippen LogP contribution in [0.25, 0.3) is 11.8 Å². The van der Waals surface area contributed by atoms with E-state index in [1.165, 1.54) is 0 Å². The minimum atomic E-state index is -0.320. The fourth-order valence-electron chi connectivity index (χ4n) is 2.42. The fourth-order valence-corrected chi connectivity index (χ4v) is 2.42. The molecule has 0 saturated heterocycles. The number of phenols is 1. The molecule has 0 aromatic heterocycles. The molecule has 0 bridgehead atoms. The number of phenolic OH excluding ortho intramolecular Hbond substituents is 1. The number of esters is 1. The highest BCUT2D eigenvalue weighted by atomic mass is 16.5. The Hall–Kier alpha value is -2.55. The summed E-state index contributed by atoms with van der Waals surface area (Å²) in [4.78, 5) is 11.8. The Morgan fingerprint density at radius 3 is 2.30 bits per heavy atom. The van der Waals surface area contributed by atoms with Gasteiger partial charge in [-0.15, -0.1) is 0 Å². The van der Waals surface area contributed by atoms with Crippen LogP contribution in [0, 0.1) is 13.8 Å². The van der Waals surface area contributed by atoms with Crippen molar-refractivity contribution in [2.75, 3.05) is 0 Å². The van der Waals surface area contributed by atoms with Crippen LogP contribution in [0.2, 0.25) is 0 Å². The number of aromatic hydroxyl groups is 1. The Kier molecular flexibility index (Phi) is 2.83. The summed E-state index contributed by atoms with van der Waals surface area (Å²) in [6, 6.07) is 11.0. The first-order valence-corrected chi connectivity index (χ1v) is 6.40. The Bertz CT molecular complexity index is 719. The number of carbonyl (C=O) groups is 1. The molecule has 1 aliphatic heterocycles. The minimum Gasteiger partial charge on any atom is -0.507 e. The molecule has 0 fully saturated rings. The Morgan fingerprint density at radius 1 is 1.05 bits per heavy atom. The van der Waals surface area contributed by atoms with E-state index in [4.69, 9.17) is 4.74 Å². The van der Waals surface area contributed by atoms with E-state index in [1.807, 2.05) is 50.3 Å². The molecule has 2 aromatic rings. The standard InChI is InChI=1S/C17H14O3/c1-10-7-12(8-11(2)16(10)18)9-15-13-5-3-4-6-14(13)17(19)20-15/h3-9,18H,1-2H3. The van der Waals surface area contributed by atoms with Crippen molar-refractivity contribution in [3.05, 3.63) is 64.2 Å². The normalized spacial score (nSPS) is 15.3. The number of rotatable bonds is 1. The molecule has 100 valence electrons. The zero-order valence-corrected chi connectivity index (χ0v) is 11.3. The molecule has 0 spiro atoms. The monoisotopic (exact) mass is 266 g/mol. The molecule has 0 radical (unpaired) electrons. The summed E-state index contributed by atoms with van der Waals surface area (Å²) >= 11 is 0. The summed E-state index contributed by atoms with van der Waals surface area (Å²) in [7, 11) is 0. The van der Waals surface area contributed by atoms with Crippen LogP contribution < -0.4 is 0 Å². The predicted octanol–water partition coefficient (Wildman–Crippen LogP) is 3.68. The van der Waals surface area contributed by atoms with Gasteiger partial charge in [-0.1, -0.05) is 18.2 Å². The maximum absolute atomic E-state index is 11.8. The molecule has 1 aliphatic rings. The zero-order chi connectivity index (χ0) is 14.3. The van der Waals surface area contributed by atoms with Crippen LogP contribution >= 0.6 is 0 Å². The topological polar surface area (TPSA) is 46.5 Å². The van der Waals surface area contributed by atoms with Gasteiger partial charge in [0.2, 0.25) is 0 Å². The molecule has 3 nitrogen and oxygen atoms in total. The molecule has 0 unspecified atom stereocenters. The second-order valence-corrected chi connectivity index (χ2v) is 4.95. The Morgan fingerprint density at radius 2 is 1.65 bits per heavy atom. The summed E-state index contributed by atoms with van der Waals surface area (Å²) in [5.41, 5.74) is 3.90. The third-order valence-electron chi connectivity index (χ3n) is 3.43. The molecule has 1 heterocycles. The van der Waals surface area contributed by atoms with Gasteiger partial charge in [0.15, 0.2) is 0 Å². The molecular formula is C17H14O3. The Labute approximate surface area is 117 Å². The van der Waals surface area contributed by atoms with Crippen LogP contribution in [-0.4, -0.2) is 11.1 Å². The summed E-state index contributed by atoms with van der Waals surface area (Å²) < 4.78 is 5.31. The van der Waals surface area contributed by atoms with E-state index >= 15 is 0 Å². The van der Waals surface area contributed by atoms with Crippen molar-refractivity contribution in [3.63, 3.8) is 0 Å². The van der Waals surface area contributed by atoms with Crippen molar-refractivity contribution in [1.82, 2.24) is 0 Å². The molecule has 0 aliphatic carbocycles. The average molecular weight is 266 g/mol. The lowest BCUT2D eigenvalue weighted by molar-refractivity contribution is 0.0717. The molecule has 0 saturated carbocycles. The number of benzene rings is 2. The number of hydrogen-bond acceptors (Lipinski definition) is 3.